The number of hydrogen-bond acceptors (Lipinski definition) is 4. The van der Waals surface area contributed by atoms with E-state index in [1.54, 1.807) is 9.21 Å². The van der Waals surface area contributed by atoms with E-state index < -0.39 is 10.0 Å². The lowest BCUT2D eigenvalue weighted by Gasteiger charge is -2.39. The molecule has 0 atom stereocenters. The fourth-order valence-electron chi connectivity index (χ4n) is 4.81. The molecule has 0 N–H and O–H groups in total. The average Bonchev–Trinajstić information content (AvgIpc) is 2.83. The molecule has 172 valence electrons. The topological polar surface area (TPSA) is 66.9 Å². The van der Waals surface area contributed by atoms with Crippen LogP contribution in [0.1, 0.15) is 24.0 Å². The van der Waals surface area contributed by atoms with Crippen molar-refractivity contribution in [1.82, 2.24) is 4.31 Å². The van der Waals surface area contributed by atoms with E-state index in [0.29, 0.717) is 32.4 Å². The standard InChI is InChI=1S/C25H25BrN2O4S/c26-21-8-9-24-20(16-21)17-32-25(29)28(24)22-10-13-27(14-11-22)33(30,31)15-12-19-6-3-5-18-4-1-2-7-23(18)19/h1-9,16,22H,10-15,17H2. The van der Waals surface area contributed by atoms with Crippen LogP contribution in [0.5, 0.6) is 0 Å². The zero-order chi connectivity index (χ0) is 23.0. The molecule has 0 aliphatic carbocycles. The SMILES string of the molecule is O=C1OCc2cc(Br)ccc2N1C1CCN(S(=O)(=O)CCc2cccc3ccccc23)CC1. The monoisotopic (exact) mass is 528 g/mol. The molecule has 1 amide bonds. The molecule has 6 nitrogen and oxygen atoms in total. The average molecular weight is 529 g/mol. The van der Waals surface area contributed by atoms with Crippen molar-refractivity contribution >= 4 is 48.5 Å². The Kier molecular flexibility index (Phi) is 6.16. The third kappa shape index (κ3) is 4.52. The fourth-order valence-corrected chi connectivity index (χ4v) is 6.73. The number of benzene rings is 3. The number of carbonyl (C=O) groups excluding carboxylic acids is 1. The van der Waals surface area contributed by atoms with Crippen LogP contribution in [-0.4, -0.2) is 43.7 Å². The highest BCUT2D eigenvalue weighted by Gasteiger charge is 2.36. The molecular weight excluding hydrogens is 504 g/mol. The summed E-state index contributed by atoms with van der Waals surface area (Å²) in [4.78, 5) is 14.2. The molecule has 5 rings (SSSR count). The smallest absolute Gasteiger partial charge is 0.414 e. The van der Waals surface area contributed by atoms with Crippen molar-refractivity contribution < 1.29 is 17.9 Å². The lowest BCUT2D eigenvalue weighted by molar-refractivity contribution is 0.135. The normalized spacial score (nSPS) is 17.7. The van der Waals surface area contributed by atoms with Crippen molar-refractivity contribution in [3.05, 3.63) is 76.3 Å². The van der Waals surface area contributed by atoms with Gasteiger partial charge in [-0.2, -0.15) is 0 Å². The number of piperidine rings is 1. The molecule has 1 saturated heterocycles. The maximum absolute atomic E-state index is 13.1. The van der Waals surface area contributed by atoms with Crippen LogP contribution in [-0.2, 0) is 27.8 Å². The molecule has 0 spiro atoms. The van der Waals surface area contributed by atoms with Gasteiger partial charge in [0.05, 0.1) is 11.4 Å². The zero-order valence-corrected chi connectivity index (χ0v) is 20.5. The molecule has 1 fully saturated rings. The van der Waals surface area contributed by atoms with Crippen molar-refractivity contribution in [2.45, 2.75) is 31.9 Å². The van der Waals surface area contributed by atoms with Crippen molar-refractivity contribution in [2.24, 2.45) is 0 Å². The summed E-state index contributed by atoms with van der Waals surface area (Å²) in [6.07, 6.45) is 1.28. The Labute approximate surface area is 202 Å². The zero-order valence-electron chi connectivity index (χ0n) is 18.1. The number of hydrogen-bond donors (Lipinski definition) is 0. The van der Waals surface area contributed by atoms with Crippen LogP contribution in [0.25, 0.3) is 10.8 Å². The van der Waals surface area contributed by atoms with E-state index in [2.05, 4.69) is 15.9 Å². The van der Waals surface area contributed by atoms with Gasteiger partial charge in [-0.3, -0.25) is 4.90 Å². The first-order chi connectivity index (χ1) is 15.9. The summed E-state index contributed by atoms with van der Waals surface area (Å²) in [6, 6.07) is 19.8. The van der Waals surface area contributed by atoms with Crippen LogP contribution in [0.2, 0.25) is 0 Å². The third-order valence-corrected chi connectivity index (χ3v) is 8.91. The van der Waals surface area contributed by atoms with E-state index in [-0.39, 0.29) is 24.5 Å². The molecule has 33 heavy (non-hydrogen) atoms. The van der Waals surface area contributed by atoms with Crippen molar-refractivity contribution in [3.63, 3.8) is 0 Å². The number of halogens is 1. The number of fused-ring (bicyclic) bond motifs is 2. The Morgan fingerprint density at radius 2 is 1.76 bits per heavy atom. The molecule has 2 aliphatic heterocycles. The lowest BCUT2D eigenvalue weighted by atomic mass is 10.0. The van der Waals surface area contributed by atoms with Crippen LogP contribution >= 0.6 is 15.9 Å². The molecule has 0 radical (unpaired) electrons. The van der Waals surface area contributed by atoms with Gasteiger partial charge in [0, 0.05) is 29.2 Å². The number of sulfonamides is 1. The van der Waals surface area contributed by atoms with Crippen LogP contribution in [0.3, 0.4) is 0 Å². The number of anilines is 1. The number of aryl methyl sites for hydroxylation is 1. The maximum atomic E-state index is 13.1. The van der Waals surface area contributed by atoms with Crippen LogP contribution in [0.4, 0.5) is 10.5 Å². The molecule has 3 aromatic rings. The van der Waals surface area contributed by atoms with E-state index >= 15 is 0 Å². The van der Waals surface area contributed by atoms with Gasteiger partial charge < -0.3 is 4.74 Å². The molecule has 8 heteroatoms. The summed E-state index contributed by atoms with van der Waals surface area (Å²) in [6.45, 7) is 1.06. The lowest BCUT2D eigenvalue weighted by Crippen LogP contribution is -2.50. The first-order valence-electron chi connectivity index (χ1n) is 11.1. The van der Waals surface area contributed by atoms with E-state index in [1.807, 2.05) is 60.7 Å². The Balaban J connectivity index is 1.26. The second kappa shape index (κ2) is 9.08. The highest BCUT2D eigenvalue weighted by molar-refractivity contribution is 9.10. The summed E-state index contributed by atoms with van der Waals surface area (Å²) < 4.78 is 34.1. The summed E-state index contributed by atoms with van der Waals surface area (Å²) in [5, 5.41) is 2.22. The van der Waals surface area contributed by atoms with Crippen molar-refractivity contribution in [2.75, 3.05) is 23.7 Å². The van der Waals surface area contributed by atoms with Gasteiger partial charge in [0.1, 0.15) is 6.61 Å². The van der Waals surface area contributed by atoms with Crippen molar-refractivity contribution in [3.8, 4) is 0 Å². The van der Waals surface area contributed by atoms with Crippen LogP contribution in [0.15, 0.2) is 65.1 Å². The fraction of sp³-hybridized carbons (Fsp3) is 0.320. The van der Waals surface area contributed by atoms with Gasteiger partial charge in [0.2, 0.25) is 10.0 Å². The minimum atomic E-state index is -3.39. The van der Waals surface area contributed by atoms with Gasteiger partial charge in [-0.1, -0.05) is 58.4 Å². The molecule has 0 bridgehead atoms. The summed E-state index contributed by atoms with van der Waals surface area (Å²) in [5.41, 5.74) is 2.85. The number of ether oxygens (including phenoxy) is 1. The molecule has 2 aliphatic rings. The van der Waals surface area contributed by atoms with E-state index in [9.17, 15) is 13.2 Å². The van der Waals surface area contributed by atoms with Crippen LogP contribution < -0.4 is 4.90 Å². The summed E-state index contributed by atoms with van der Waals surface area (Å²) in [7, 11) is -3.39. The predicted octanol–water partition coefficient (Wildman–Crippen LogP) is 5.10. The van der Waals surface area contributed by atoms with Crippen LogP contribution in [0, 0.1) is 0 Å². The Hall–Kier alpha value is -2.42. The summed E-state index contributed by atoms with van der Waals surface area (Å²) >= 11 is 3.46. The number of amides is 1. The van der Waals surface area contributed by atoms with Crippen molar-refractivity contribution in [1.29, 1.82) is 0 Å². The Bertz CT molecular complexity index is 1300. The van der Waals surface area contributed by atoms with Gasteiger partial charge in [0.25, 0.3) is 0 Å². The molecular formula is C25H25BrN2O4S. The number of rotatable bonds is 5. The van der Waals surface area contributed by atoms with Gasteiger partial charge in [-0.15, -0.1) is 0 Å². The largest absolute Gasteiger partial charge is 0.444 e. The highest BCUT2D eigenvalue weighted by Crippen LogP contribution is 2.34. The minimum Gasteiger partial charge on any atom is -0.444 e. The van der Waals surface area contributed by atoms with Gasteiger partial charge in [-0.05, 0) is 53.8 Å². The van der Waals surface area contributed by atoms with Gasteiger partial charge in [-0.25, -0.2) is 17.5 Å². The van der Waals surface area contributed by atoms with Gasteiger partial charge >= 0.3 is 6.09 Å². The minimum absolute atomic E-state index is 0.0777. The third-order valence-electron chi connectivity index (χ3n) is 6.54. The second-order valence-electron chi connectivity index (χ2n) is 8.53. The summed E-state index contributed by atoms with van der Waals surface area (Å²) in [5.74, 6) is 0.0777. The number of carbonyl (C=O) groups is 1. The first-order valence-corrected chi connectivity index (χ1v) is 13.5. The maximum Gasteiger partial charge on any atom is 0.414 e. The van der Waals surface area contributed by atoms with E-state index in [0.717, 1.165) is 32.1 Å². The molecule has 3 aromatic carbocycles. The quantitative estimate of drug-likeness (QED) is 0.462. The molecule has 2 heterocycles. The van der Waals surface area contributed by atoms with E-state index in [1.165, 1.54) is 0 Å². The number of nitrogens with zero attached hydrogens (tertiary/aromatic N) is 2. The Morgan fingerprint density at radius 1 is 1.00 bits per heavy atom. The highest BCUT2D eigenvalue weighted by atomic mass is 79.9. The number of cyclic esters (lactones) is 1. The predicted molar refractivity (Wildman–Crippen MR) is 133 cm³/mol. The molecule has 0 saturated carbocycles. The first kappa shape index (κ1) is 22.4. The van der Waals surface area contributed by atoms with E-state index in [4.69, 9.17) is 4.74 Å². The Morgan fingerprint density at radius 3 is 2.58 bits per heavy atom. The van der Waals surface area contributed by atoms with Gasteiger partial charge in [0.15, 0.2) is 0 Å². The second-order valence-corrected chi connectivity index (χ2v) is 11.5. The molecule has 0 aromatic heterocycles. The molecule has 0 unspecified atom stereocenters.